The number of nitrogens with zero attached hydrogens (tertiary/aromatic N) is 2. The zero-order valence-electron chi connectivity index (χ0n) is 16.0. The van der Waals surface area contributed by atoms with E-state index in [0.717, 1.165) is 18.2 Å². The predicted molar refractivity (Wildman–Crippen MR) is 94.4 cm³/mol. The summed E-state index contributed by atoms with van der Waals surface area (Å²) in [6, 6.07) is 2.63. The molecule has 0 atom stereocenters. The van der Waals surface area contributed by atoms with Crippen LogP contribution in [0.25, 0.3) is 5.69 Å². The molecule has 0 radical (unpaired) electrons. The molecule has 0 saturated carbocycles. The van der Waals surface area contributed by atoms with Crippen LogP contribution in [0.15, 0.2) is 23.1 Å². The van der Waals surface area contributed by atoms with Crippen LogP contribution in [-0.2, 0) is 11.2 Å². The third kappa shape index (κ3) is 6.46. The lowest BCUT2D eigenvalue weighted by atomic mass is 10.2. The van der Waals surface area contributed by atoms with Crippen LogP contribution in [0.5, 0.6) is 5.88 Å². The fourth-order valence-corrected chi connectivity index (χ4v) is 3.15. The molecule has 0 aliphatic heterocycles. The maximum absolute atomic E-state index is 14.5. The molecule has 2 rings (SSSR count). The van der Waals surface area contributed by atoms with E-state index in [9.17, 15) is 44.3 Å². The van der Waals surface area contributed by atoms with Crippen LogP contribution in [0.1, 0.15) is 11.3 Å². The Bertz CT molecular complexity index is 987. The summed E-state index contributed by atoms with van der Waals surface area (Å²) in [5, 5.41) is 3.57. The van der Waals surface area contributed by atoms with Crippen LogP contribution in [0, 0.1) is 12.7 Å². The summed E-state index contributed by atoms with van der Waals surface area (Å²) in [6.45, 7) is -0.806. The van der Waals surface area contributed by atoms with Gasteiger partial charge in [-0.15, -0.1) is 16.9 Å². The van der Waals surface area contributed by atoms with Gasteiger partial charge in [0.15, 0.2) is 6.61 Å². The summed E-state index contributed by atoms with van der Waals surface area (Å²) in [7, 11) is 0. The molecule has 0 bridgehead atoms. The van der Waals surface area contributed by atoms with E-state index in [2.05, 4.69) is 9.84 Å². The summed E-state index contributed by atoms with van der Waals surface area (Å²) < 4.78 is 120. The molecule has 1 amide bonds. The first-order chi connectivity index (χ1) is 14.5. The summed E-state index contributed by atoms with van der Waals surface area (Å²) in [5.74, 6) is -9.34. The highest BCUT2D eigenvalue weighted by Crippen LogP contribution is 2.36. The van der Waals surface area contributed by atoms with Crippen LogP contribution in [0.4, 0.5) is 39.5 Å². The molecule has 1 aromatic heterocycles. The number of carbonyl (C=O) groups excluding carboxylic acids is 1. The molecule has 2 N–H and O–H groups in total. The molecule has 1 heterocycles. The van der Waals surface area contributed by atoms with E-state index in [1.54, 1.807) is 0 Å². The number of rotatable bonds is 8. The largest absolute Gasteiger partial charge is 0.470 e. The van der Waals surface area contributed by atoms with Crippen LogP contribution < -0.4 is 10.5 Å². The number of hydrogen-bond acceptors (Lipinski definition) is 4. The quantitative estimate of drug-likeness (QED) is 0.430. The monoisotopic (exact) mass is 495 g/mol. The molecule has 1 aromatic carbocycles. The predicted octanol–water partition coefficient (Wildman–Crippen LogP) is 4.58. The number of alkyl halides is 8. The van der Waals surface area contributed by atoms with E-state index in [4.69, 9.17) is 5.73 Å². The number of hydrogen-bond donors (Lipinski definition) is 1. The van der Waals surface area contributed by atoms with Gasteiger partial charge < -0.3 is 10.5 Å². The van der Waals surface area contributed by atoms with Crippen molar-refractivity contribution in [1.29, 1.82) is 0 Å². The number of aryl methyl sites for hydroxylation is 1. The van der Waals surface area contributed by atoms with Crippen LogP contribution >= 0.6 is 11.8 Å². The van der Waals surface area contributed by atoms with Crippen molar-refractivity contribution in [3.8, 4) is 11.6 Å². The molecule has 0 saturated heterocycles. The topological polar surface area (TPSA) is 70.1 Å². The van der Waals surface area contributed by atoms with Crippen molar-refractivity contribution in [3.63, 3.8) is 0 Å². The highest BCUT2D eigenvalue weighted by atomic mass is 32.2. The van der Waals surface area contributed by atoms with Gasteiger partial charge in [-0.25, -0.2) is 9.07 Å². The van der Waals surface area contributed by atoms with Gasteiger partial charge in [-0.3, -0.25) is 4.79 Å². The zero-order valence-corrected chi connectivity index (χ0v) is 16.8. The number of ether oxygens (including phenoxy) is 1. The van der Waals surface area contributed by atoms with Gasteiger partial charge in [0.05, 0.1) is 17.9 Å². The Balaban J connectivity index is 2.44. The third-order valence-corrected chi connectivity index (χ3v) is 5.02. The summed E-state index contributed by atoms with van der Waals surface area (Å²) >= 11 is 0.335. The molecule has 178 valence electrons. The van der Waals surface area contributed by atoms with Gasteiger partial charge in [-0.1, -0.05) is 0 Å². The van der Waals surface area contributed by atoms with E-state index in [1.807, 2.05) is 0 Å². The van der Waals surface area contributed by atoms with Gasteiger partial charge in [0.1, 0.15) is 11.5 Å². The van der Waals surface area contributed by atoms with Crippen molar-refractivity contribution < 1.29 is 49.0 Å². The first-order valence-electron chi connectivity index (χ1n) is 8.45. The van der Waals surface area contributed by atoms with Crippen LogP contribution in [0.2, 0.25) is 0 Å². The van der Waals surface area contributed by atoms with E-state index in [1.165, 1.54) is 6.92 Å². The minimum absolute atomic E-state index is 0.00896. The molecule has 5 nitrogen and oxygen atoms in total. The SMILES string of the molecule is Cc1cc(F)c(-n2nc(OCC(F)(F)C(F)(F)F)cc2CC(N)=O)cc1SCC(F)(F)F. The number of nitrogens with two attached hydrogens (primary N) is 1. The second kappa shape index (κ2) is 9.11. The Kier molecular flexibility index (Phi) is 7.31. The zero-order chi connectivity index (χ0) is 24.5. The molecule has 0 aliphatic rings. The highest BCUT2D eigenvalue weighted by molar-refractivity contribution is 7.99. The van der Waals surface area contributed by atoms with Crippen LogP contribution in [0.3, 0.4) is 0 Å². The lowest BCUT2D eigenvalue weighted by molar-refractivity contribution is -0.290. The molecule has 0 spiro atoms. The Labute approximate surface area is 178 Å². The molecule has 15 heteroatoms. The Morgan fingerprint density at radius 3 is 2.28 bits per heavy atom. The molecular weight excluding hydrogens is 481 g/mol. The molecule has 0 aliphatic carbocycles. The minimum Gasteiger partial charge on any atom is -0.470 e. The first-order valence-corrected chi connectivity index (χ1v) is 9.43. The maximum Gasteiger partial charge on any atom is 0.456 e. The van der Waals surface area contributed by atoms with E-state index < -0.39 is 60.3 Å². The van der Waals surface area contributed by atoms with Gasteiger partial charge in [0.25, 0.3) is 0 Å². The maximum atomic E-state index is 14.5. The molecule has 2 aromatic rings. The van der Waals surface area contributed by atoms with Crippen molar-refractivity contribution in [1.82, 2.24) is 9.78 Å². The van der Waals surface area contributed by atoms with E-state index in [-0.39, 0.29) is 16.2 Å². The first kappa shape index (κ1) is 25.7. The van der Waals surface area contributed by atoms with Crippen LogP contribution in [-0.4, -0.2) is 46.3 Å². The molecule has 0 fully saturated rings. The van der Waals surface area contributed by atoms with E-state index >= 15 is 0 Å². The van der Waals surface area contributed by atoms with Crippen molar-refractivity contribution in [3.05, 3.63) is 35.3 Å². The lowest BCUT2D eigenvalue weighted by Crippen LogP contribution is -2.41. The Morgan fingerprint density at radius 1 is 1.12 bits per heavy atom. The summed E-state index contributed by atoms with van der Waals surface area (Å²) in [4.78, 5) is 11.3. The fourth-order valence-electron chi connectivity index (χ4n) is 2.34. The standard InChI is InChI=1S/C17H14F9N3O2S/c1-8-2-10(18)11(5-12(8)32-7-16(21,22)23)29-9(3-13(27)30)4-14(28-29)31-6-15(19,20)17(24,25)26/h2,4-5H,3,6-7H2,1H3,(H2,27,30). The Hall–Kier alpha value is -2.58. The molecule has 0 unspecified atom stereocenters. The summed E-state index contributed by atoms with van der Waals surface area (Å²) in [5.41, 5.74) is 4.46. The average molecular weight is 495 g/mol. The average Bonchev–Trinajstić information content (AvgIpc) is 2.99. The smallest absolute Gasteiger partial charge is 0.456 e. The van der Waals surface area contributed by atoms with Gasteiger partial charge in [-0.05, 0) is 24.6 Å². The number of thioether (sulfide) groups is 1. The van der Waals surface area contributed by atoms with Crippen molar-refractivity contribution in [2.75, 3.05) is 12.4 Å². The second-order valence-corrected chi connectivity index (χ2v) is 7.51. The number of primary amides is 1. The highest BCUT2D eigenvalue weighted by Gasteiger charge is 2.58. The number of aromatic nitrogens is 2. The van der Waals surface area contributed by atoms with Gasteiger partial charge >= 0.3 is 18.3 Å². The van der Waals surface area contributed by atoms with Crippen molar-refractivity contribution in [2.45, 2.75) is 36.5 Å². The number of benzene rings is 1. The van der Waals surface area contributed by atoms with Gasteiger partial charge in [-0.2, -0.15) is 35.1 Å². The van der Waals surface area contributed by atoms with E-state index in [0.29, 0.717) is 16.4 Å². The minimum atomic E-state index is -5.90. The fraction of sp³-hybridized carbons (Fsp3) is 0.412. The Morgan fingerprint density at radius 2 is 1.75 bits per heavy atom. The normalized spacial score (nSPS) is 12.8. The van der Waals surface area contributed by atoms with Gasteiger partial charge in [0.2, 0.25) is 11.8 Å². The number of halogens is 9. The third-order valence-electron chi connectivity index (χ3n) is 3.80. The van der Waals surface area contributed by atoms with Gasteiger partial charge in [0, 0.05) is 11.0 Å². The molecule has 32 heavy (non-hydrogen) atoms. The number of carbonyl (C=O) groups is 1. The van der Waals surface area contributed by atoms with Crippen molar-refractivity contribution in [2.24, 2.45) is 5.73 Å². The number of amides is 1. The lowest BCUT2D eigenvalue weighted by Gasteiger charge is -2.18. The summed E-state index contributed by atoms with van der Waals surface area (Å²) in [6.07, 6.45) is -11.1. The van der Waals surface area contributed by atoms with Crippen molar-refractivity contribution >= 4 is 17.7 Å². The molecular formula is C17H14F9N3O2S. The second-order valence-electron chi connectivity index (χ2n) is 6.49.